The zero-order valence-corrected chi connectivity index (χ0v) is 12.0. The maximum absolute atomic E-state index is 4.92. The molecule has 0 spiro atoms. The molecule has 2 aliphatic rings. The molecule has 1 aliphatic heterocycles. The highest BCUT2D eigenvalue weighted by atomic mass is 32.2. The number of hydrogen-bond donors (Lipinski definition) is 1. The molecule has 1 aromatic rings. The fourth-order valence-electron chi connectivity index (χ4n) is 2.79. The van der Waals surface area contributed by atoms with Crippen LogP contribution in [0.25, 0.3) is 0 Å². The minimum atomic E-state index is 0.585. The maximum atomic E-state index is 4.92. The highest BCUT2D eigenvalue weighted by molar-refractivity contribution is 7.99. The van der Waals surface area contributed by atoms with Crippen LogP contribution in [0.3, 0.4) is 0 Å². The van der Waals surface area contributed by atoms with Crippen molar-refractivity contribution in [1.29, 1.82) is 0 Å². The molecule has 17 heavy (non-hydrogen) atoms. The summed E-state index contributed by atoms with van der Waals surface area (Å²) >= 11 is 4.09. The second kappa shape index (κ2) is 5.29. The summed E-state index contributed by atoms with van der Waals surface area (Å²) in [6.45, 7) is 3.26. The fraction of sp³-hybridized carbons (Fsp3) is 0.769. The van der Waals surface area contributed by atoms with Gasteiger partial charge >= 0.3 is 0 Å². The number of hydrogen-bond acceptors (Lipinski definition) is 4. The minimum Gasteiger partial charge on any atom is -0.309 e. The van der Waals surface area contributed by atoms with E-state index in [0.717, 1.165) is 6.54 Å². The fourth-order valence-corrected chi connectivity index (χ4v) is 5.52. The van der Waals surface area contributed by atoms with Gasteiger partial charge in [0.2, 0.25) is 0 Å². The first-order valence-electron chi connectivity index (χ1n) is 6.73. The number of fused-ring (bicyclic) bond motifs is 1. The number of thiazole rings is 1. The van der Waals surface area contributed by atoms with E-state index in [9.17, 15) is 0 Å². The lowest BCUT2D eigenvalue weighted by Gasteiger charge is -2.21. The van der Waals surface area contributed by atoms with E-state index in [4.69, 9.17) is 4.98 Å². The lowest BCUT2D eigenvalue weighted by Crippen LogP contribution is -2.23. The number of nitrogens with zero attached hydrogens (tertiary/aromatic N) is 1. The third-order valence-electron chi connectivity index (χ3n) is 3.62. The van der Waals surface area contributed by atoms with Crippen molar-refractivity contribution in [3.05, 3.63) is 15.6 Å². The molecule has 0 aromatic carbocycles. The van der Waals surface area contributed by atoms with E-state index < -0.39 is 0 Å². The Balaban J connectivity index is 1.84. The lowest BCUT2D eigenvalue weighted by molar-refractivity contribution is 0.476. The van der Waals surface area contributed by atoms with Crippen molar-refractivity contribution in [2.75, 3.05) is 12.3 Å². The van der Waals surface area contributed by atoms with Gasteiger partial charge in [0.25, 0.3) is 0 Å². The van der Waals surface area contributed by atoms with E-state index in [2.05, 4.69) is 24.0 Å². The first kappa shape index (κ1) is 12.0. The molecule has 1 aliphatic carbocycles. The maximum Gasteiger partial charge on any atom is 0.106 e. The molecule has 1 aromatic heterocycles. The predicted octanol–water partition coefficient (Wildman–Crippen LogP) is 3.70. The van der Waals surface area contributed by atoms with Crippen LogP contribution in [0, 0.1) is 0 Å². The van der Waals surface area contributed by atoms with Crippen molar-refractivity contribution in [2.24, 2.45) is 0 Å². The van der Waals surface area contributed by atoms with Crippen LogP contribution in [-0.4, -0.2) is 17.3 Å². The Kier molecular flexibility index (Phi) is 3.73. The molecule has 4 heteroatoms. The summed E-state index contributed by atoms with van der Waals surface area (Å²) in [6, 6.07) is 0.585. The number of aromatic nitrogens is 1. The quantitative estimate of drug-likeness (QED) is 0.905. The molecule has 0 saturated carbocycles. The third-order valence-corrected chi connectivity index (χ3v) is 6.48. The van der Waals surface area contributed by atoms with Gasteiger partial charge in [0.1, 0.15) is 5.01 Å². The molecule has 0 bridgehead atoms. The number of nitrogens with one attached hydrogen (secondary N) is 1. The van der Waals surface area contributed by atoms with Crippen LogP contribution < -0.4 is 5.32 Å². The minimum absolute atomic E-state index is 0.585. The highest BCUT2D eigenvalue weighted by Gasteiger charge is 2.27. The van der Waals surface area contributed by atoms with E-state index in [1.54, 1.807) is 4.88 Å². The predicted molar refractivity (Wildman–Crippen MR) is 75.9 cm³/mol. The van der Waals surface area contributed by atoms with Crippen molar-refractivity contribution in [1.82, 2.24) is 10.3 Å². The van der Waals surface area contributed by atoms with Gasteiger partial charge < -0.3 is 5.32 Å². The van der Waals surface area contributed by atoms with Gasteiger partial charge in [-0.1, -0.05) is 6.92 Å². The summed E-state index contributed by atoms with van der Waals surface area (Å²) in [7, 11) is 0. The Bertz CT molecular complexity index is 383. The van der Waals surface area contributed by atoms with Gasteiger partial charge in [-0.3, -0.25) is 0 Å². The summed E-state index contributed by atoms with van der Waals surface area (Å²) in [4.78, 5) is 6.47. The summed E-state index contributed by atoms with van der Waals surface area (Å²) in [5, 5.41) is 5.71. The molecule has 2 atom stereocenters. The standard InChI is InChI=1S/C13H20N2S2/c1-2-14-9-5-3-6-10-12(9)17-13(15-10)11-7-4-8-16-11/h9,11,14H,2-8H2,1H3. The molecule has 2 unspecified atom stereocenters. The lowest BCUT2D eigenvalue weighted by atomic mass is 9.98. The van der Waals surface area contributed by atoms with E-state index in [1.165, 1.54) is 48.6 Å². The molecule has 1 fully saturated rings. The highest BCUT2D eigenvalue weighted by Crippen LogP contribution is 2.44. The van der Waals surface area contributed by atoms with Crippen LogP contribution in [0.15, 0.2) is 0 Å². The van der Waals surface area contributed by atoms with Gasteiger partial charge in [0, 0.05) is 10.9 Å². The van der Waals surface area contributed by atoms with Crippen LogP contribution in [0.1, 0.15) is 59.5 Å². The summed E-state index contributed by atoms with van der Waals surface area (Å²) in [6.07, 6.45) is 6.50. The van der Waals surface area contributed by atoms with Crippen molar-refractivity contribution < 1.29 is 0 Å². The third kappa shape index (κ3) is 2.40. The van der Waals surface area contributed by atoms with Gasteiger partial charge in [-0.2, -0.15) is 11.8 Å². The molecule has 3 rings (SSSR count). The topological polar surface area (TPSA) is 24.9 Å². The molecular weight excluding hydrogens is 248 g/mol. The zero-order chi connectivity index (χ0) is 11.7. The summed E-state index contributed by atoms with van der Waals surface area (Å²) < 4.78 is 0. The normalized spacial score (nSPS) is 28.3. The van der Waals surface area contributed by atoms with Crippen molar-refractivity contribution in [3.8, 4) is 0 Å². The van der Waals surface area contributed by atoms with Crippen molar-refractivity contribution in [3.63, 3.8) is 0 Å². The largest absolute Gasteiger partial charge is 0.309 e. The van der Waals surface area contributed by atoms with Gasteiger partial charge in [0.05, 0.1) is 10.9 Å². The average Bonchev–Trinajstić information content (AvgIpc) is 2.98. The molecule has 2 heterocycles. The van der Waals surface area contributed by atoms with Crippen LogP contribution >= 0.6 is 23.1 Å². The first-order chi connectivity index (χ1) is 8.38. The van der Waals surface area contributed by atoms with Crippen molar-refractivity contribution >= 4 is 23.1 Å². The Hall–Kier alpha value is -0.0600. The molecule has 2 nitrogen and oxygen atoms in total. The van der Waals surface area contributed by atoms with Crippen LogP contribution in [0.2, 0.25) is 0 Å². The van der Waals surface area contributed by atoms with Crippen molar-refractivity contribution in [2.45, 2.75) is 50.3 Å². The Labute approximate surface area is 112 Å². The van der Waals surface area contributed by atoms with Gasteiger partial charge in [0.15, 0.2) is 0 Å². The van der Waals surface area contributed by atoms with Crippen LogP contribution in [-0.2, 0) is 6.42 Å². The molecule has 94 valence electrons. The molecular formula is C13H20N2S2. The number of rotatable bonds is 3. The molecule has 0 radical (unpaired) electrons. The smallest absolute Gasteiger partial charge is 0.106 e. The average molecular weight is 268 g/mol. The van der Waals surface area contributed by atoms with Gasteiger partial charge in [-0.25, -0.2) is 4.98 Å². The van der Waals surface area contributed by atoms with E-state index in [1.807, 2.05) is 11.3 Å². The molecule has 0 amide bonds. The molecule has 1 saturated heterocycles. The molecule has 1 N–H and O–H groups in total. The summed E-state index contributed by atoms with van der Waals surface area (Å²) in [5.41, 5.74) is 1.40. The Morgan fingerprint density at radius 1 is 1.35 bits per heavy atom. The van der Waals surface area contributed by atoms with Crippen LogP contribution in [0.4, 0.5) is 0 Å². The van der Waals surface area contributed by atoms with Gasteiger partial charge in [-0.05, 0) is 44.4 Å². The Morgan fingerprint density at radius 3 is 3.06 bits per heavy atom. The van der Waals surface area contributed by atoms with Crippen LogP contribution in [0.5, 0.6) is 0 Å². The number of aryl methyl sites for hydroxylation is 1. The van der Waals surface area contributed by atoms with E-state index in [-0.39, 0.29) is 0 Å². The monoisotopic (exact) mass is 268 g/mol. The first-order valence-corrected chi connectivity index (χ1v) is 8.59. The summed E-state index contributed by atoms with van der Waals surface area (Å²) in [5.74, 6) is 1.32. The van der Waals surface area contributed by atoms with Gasteiger partial charge in [-0.15, -0.1) is 11.3 Å². The zero-order valence-electron chi connectivity index (χ0n) is 10.4. The second-order valence-electron chi connectivity index (χ2n) is 4.87. The Morgan fingerprint density at radius 2 is 2.29 bits per heavy atom. The van der Waals surface area contributed by atoms with E-state index in [0.29, 0.717) is 11.3 Å². The number of thioether (sulfide) groups is 1. The second-order valence-corrected chi connectivity index (χ2v) is 7.24. The SMILES string of the molecule is CCNC1CCCc2nc(C3CCCS3)sc21. The van der Waals surface area contributed by atoms with E-state index >= 15 is 0 Å².